The molecule has 3 rings (SSSR count). The largest absolute Gasteiger partial charge is 0.212 e. The maximum atomic E-state index is 6.24. The summed E-state index contributed by atoms with van der Waals surface area (Å²) in [5, 5.41) is 2.57. The van der Waals surface area contributed by atoms with Gasteiger partial charge in [0.1, 0.15) is 6.54 Å². The molecule has 0 radical (unpaired) electrons. The molecule has 0 atom stereocenters. The molecular formula is C20H18Cl2N+. The molecule has 0 aliphatic heterocycles. The molecule has 0 saturated carbocycles. The summed E-state index contributed by atoms with van der Waals surface area (Å²) in [6.45, 7) is 5.19. The van der Waals surface area contributed by atoms with E-state index in [9.17, 15) is 0 Å². The minimum Gasteiger partial charge on any atom is -0.192 e. The molecule has 2 aromatic carbocycles. The maximum absolute atomic E-state index is 6.24. The monoisotopic (exact) mass is 342 g/mol. The minimum absolute atomic E-state index is 0.650. The lowest BCUT2D eigenvalue weighted by Gasteiger charge is -2.04. The number of hydrogen-bond donors (Lipinski definition) is 0. The number of rotatable bonds is 3. The fourth-order valence-electron chi connectivity index (χ4n) is 2.77. The summed E-state index contributed by atoms with van der Waals surface area (Å²) in [4.78, 5) is 0. The van der Waals surface area contributed by atoms with Crippen molar-refractivity contribution in [2.75, 3.05) is 0 Å². The number of aryl methyl sites for hydroxylation is 2. The summed E-state index contributed by atoms with van der Waals surface area (Å²) in [5.74, 6) is 0. The highest BCUT2D eigenvalue weighted by molar-refractivity contribution is 6.35. The van der Waals surface area contributed by atoms with Crippen LogP contribution in [0.3, 0.4) is 0 Å². The van der Waals surface area contributed by atoms with Crippen LogP contribution in [-0.4, -0.2) is 0 Å². The molecule has 3 heteroatoms. The first-order chi connectivity index (χ1) is 11.1. The second kappa shape index (κ2) is 6.74. The SMILES string of the molecule is CC[n+]1c(/C=C/c2ccc(Cl)cc2Cl)ccc2cc(C)ccc21. The average Bonchev–Trinajstić information content (AvgIpc) is 2.53. The number of fused-ring (bicyclic) bond motifs is 1. The lowest BCUT2D eigenvalue weighted by atomic mass is 10.1. The van der Waals surface area contributed by atoms with Gasteiger partial charge in [0.2, 0.25) is 11.2 Å². The Morgan fingerprint density at radius 1 is 0.957 bits per heavy atom. The number of halogens is 2. The standard InChI is InChI=1S/C20H18Cl2N/c1-3-23-18(9-6-15-5-8-17(21)13-19(15)22)10-7-16-12-14(2)4-11-20(16)23/h4-13H,3H2,1-2H3/q+1/b9-6+. The van der Waals surface area contributed by atoms with Gasteiger partial charge in [-0.2, -0.15) is 4.57 Å². The van der Waals surface area contributed by atoms with Gasteiger partial charge in [-0.3, -0.25) is 0 Å². The van der Waals surface area contributed by atoms with Crippen molar-refractivity contribution in [3.63, 3.8) is 0 Å². The van der Waals surface area contributed by atoms with Crippen molar-refractivity contribution in [1.82, 2.24) is 0 Å². The average molecular weight is 343 g/mol. The quantitative estimate of drug-likeness (QED) is 0.519. The fraction of sp³-hybridized carbons (Fsp3) is 0.150. The van der Waals surface area contributed by atoms with Gasteiger partial charge in [-0.25, -0.2) is 0 Å². The molecule has 0 amide bonds. The van der Waals surface area contributed by atoms with Gasteiger partial charge >= 0.3 is 0 Å². The first kappa shape index (κ1) is 16.0. The highest BCUT2D eigenvalue weighted by Crippen LogP contribution is 2.23. The van der Waals surface area contributed by atoms with Crippen molar-refractivity contribution in [3.8, 4) is 0 Å². The Morgan fingerprint density at radius 2 is 1.78 bits per heavy atom. The van der Waals surface area contributed by atoms with Gasteiger partial charge in [0.25, 0.3) is 0 Å². The Kier molecular flexibility index (Phi) is 4.70. The summed E-state index contributed by atoms with van der Waals surface area (Å²) in [7, 11) is 0. The van der Waals surface area contributed by atoms with Gasteiger partial charge in [-0.1, -0.05) is 40.9 Å². The first-order valence-corrected chi connectivity index (χ1v) is 8.40. The van der Waals surface area contributed by atoms with Crippen LogP contribution in [0.2, 0.25) is 10.0 Å². The van der Waals surface area contributed by atoms with Crippen LogP contribution in [0, 0.1) is 6.92 Å². The smallest absolute Gasteiger partial charge is 0.192 e. The summed E-state index contributed by atoms with van der Waals surface area (Å²) >= 11 is 12.2. The number of pyridine rings is 1. The fourth-order valence-corrected chi connectivity index (χ4v) is 3.24. The van der Waals surface area contributed by atoms with E-state index in [0.717, 1.165) is 17.8 Å². The van der Waals surface area contributed by atoms with E-state index < -0.39 is 0 Å². The Bertz CT molecular complexity index is 898. The van der Waals surface area contributed by atoms with Crippen LogP contribution in [0.15, 0.2) is 48.5 Å². The molecule has 0 aliphatic carbocycles. The predicted molar refractivity (Wildman–Crippen MR) is 99.9 cm³/mol. The van der Waals surface area contributed by atoms with Crippen molar-refractivity contribution in [2.45, 2.75) is 20.4 Å². The van der Waals surface area contributed by atoms with E-state index >= 15 is 0 Å². The second-order valence-corrected chi connectivity index (χ2v) is 6.41. The molecule has 0 spiro atoms. The van der Waals surface area contributed by atoms with Crippen LogP contribution in [-0.2, 0) is 6.54 Å². The molecule has 0 bridgehead atoms. The van der Waals surface area contributed by atoms with Gasteiger partial charge < -0.3 is 0 Å². The van der Waals surface area contributed by atoms with Crippen molar-refractivity contribution in [1.29, 1.82) is 0 Å². The third kappa shape index (κ3) is 3.41. The number of nitrogens with zero attached hydrogens (tertiary/aromatic N) is 1. The second-order valence-electron chi connectivity index (χ2n) is 5.56. The van der Waals surface area contributed by atoms with E-state index in [1.807, 2.05) is 18.2 Å². The molecule has 1 heterocycles. The normalized spacial score (nSPS) is 11.5. The van der Waals surface area contributed by atoms with E-state index in [-0.39, 0.29) is 0 Å². The van der Waals surface area contributed by atoms with Gasteiger partial charge in [0.15, 0.2) is 0 Å². The van der Waals surface area contributed by atoms with Gasteiger partial charge in [0, 0.05) is 33.6 Å². The molecule has 23 heavy (non-hydrogen) atoms. The van der Waals surface area contributed by atoms with Gasteiger partial charge in [0.05, 0.1) is 0 Å². The minimum atomic E-state index is 0.650. The number of hydrogen-bond acceptors (Lipinski definition) is 0. The molecule has 1 aromatic heterocycles. The van der Waals surface area contributed by atoms with E-state index in [0.29, 0.717) is 10.0 Å². The maximum Gasteiger partial charge on any atom is 0.212 e. The third-order valence-electron chi connectivity index (χ3n) is 3.93. The lowest BCUT2D eigenvalue weighted by Crippen LogP contribution is -2.36. The van der Waals surface area contributed by atoms with E-state index in [1.54, 1.807) is 6.07 Å². The molecular weight excluding hydrogens is 325 g/mol. The molecule has 0 unspecified atom stereocenters. The van der Waals surface area contributed by atoms with Crippen LogP contribution in [0.1, 0.15) is 23.7 Å². The van der Waals surface area contributed by atoms with E-state index in [4.69, 9.17) is 23.2 Å². The van der Waals surface area contributed by atoms with Crippen LogP contribution >= 0.6 is 23.2 Å². The number of benzene rings is 2. The molecule has 1 nitrogen and oxygen atoms in total. The Labute approximate surface area is 146 Å². The van der Waals surface area contributed by atoms with Crippen LogP contribution in [0.4, 0.5) is 0 Å². The summed E-state index contributed by atoms with van der Waals surface area (Å²) < 4.78 is 2.30. The van der Waals surface area contributed by atoms with Crippen molar-refractivity contribution in [2.24, 2.45) is 0 Å². The van der Waals surface area contributed by atoms with Gasteiger partial charge in [-0.05, 0) is 49.8 Å². The summed E-state index contributed by atoms with van der Waals surface area (Å²) in [6.07, 6.45) is 4.12. The van der Waals surface area contributed by atoms with Crippen molar-refractivity contribution >= 4 is 46.3 Å². The van der Waals surface area contributed by atoms with Crippen molar-refractivity contribution < 1.29 is 4.57 Å². The molecule has 0 fully saturated rings. The van der Waals surface area contributed by atoms with Crippen LogP contribution in [0.25, 0.3) is 23.1 Å². The first-order valence-electron chi connectivity index (χ1n) is 7.65. The molecule has 3 aromatic rings. The predicted octanol–water partition coefficient (Wildman–Crippen LogP) is 5.93. The van der Waals surface area contributed by atoms with Crippen LogP contribution in [0.5, 0.6) is 0 Å². The topological polar surface area (TPSA) is 3.88 Å². The van der Waals surface area contributed by atoms with E-state index in [1.165, 1.54) is 16.5 Å². The number of aromatic nitrogens is 1. The van der Waals surface area contributed by atoms with E-state index in [2.05, 4.69) is 54.8 Å². The third-order valence-corrected chi connectivity index (χ3v) is 4.49. The van der Waals surface area contributed by atoms with Crippen molar-refractivity contribution in [3.05, 3.63) is 75.4 Å². The molecule has 0 N–H and O–H groups in total. The highest BCUT2D eigenvalue weighted by Gasteiger charge is 2.12. The van der Waals surface area contributed by atoms with Crippen LogP contribution < -0.4 is 4.57 Å². The Morgan fingerprint density at radius 3 is 2.52 bits per heavy atom. The zero-order valence-corrected chi connectivity index (χ0v) is 14.7. The zero-order chi connectivity index (χ0) is 16.4. The molecule has 0 saturated heterocycles. The Hall–Kier alpha value is -1.83. The summed E-state index contributed by atoms with van der Waals surface area (Å²) in [6, 6.07) is 16.4. The Balaban J connectivity index is 2.05. The highest BCUT2D eigenvalue weighted by atomic mass is 35.5. The molecule has 0 aliphatic rings. The zero-order valence-electron chi connectivity index (χ0n) is 13.2. The lowest BCUT2D eigenvalue weighted by molar-refractivity contribution is -0.669. The summed E-state index contributed by atoms with van der Waals surface area (Å²) in [5.41, 5.74) is 4.62. The van der Waals surface area contributed by atoms with Gasteiger partial charge in [-0.15, -0.1) is 0 Å². The molecule has 116 valence electrons.